The molecule has 6 atom stereocenters. The Kier molecular flexibility index (Phi) is 22.7. The van der Waals surface area contributed by atoms with Crippen molar-refractivity contribution in [2.45, 2.75) is 160 Å². The number of allylic oxidation sites excluding steroid dienone is 2. The van der Waals surface area contributed by atoms with Gasteiger partial charge in [0.1, 0.15) is 31.0 Å². The van der Waals surface area contributed by atoms with Crippen molar-refractivity contribution >= 4 is 11.9 Å². The first-order valence-electron chi connectivity index (χ1n) is 16.3. The number of carbonyl (C=O) groups is 2. The molecule has 0 radical (unpaired) electrons. The highest BCUT2D eigenvalue weighted by atomic mass is 16.7. The molecule has 1 aliphatic rings. The summed E-state index contributed by atoms with van der Waals surface area (Å²) in [5.74, 6) is -0.834. The van der Waals surface area contributed by atoms with E-state index in [1.165, 1.54) is 19.3 Å². The van der Waals surface area contributed by atoms with Gasteiger partial charge in [0.25, 0.3) is 0 Å². The first kappa shape index (κ1) is 38.5. The molecule has 1 rings (SSSR count). The van der Waals surface area contributed by atoms with Crippen LogP contribution in [0.3, 0.4) is 0 Å². The predicted molar refractivity (Wildman–Crippen MR) is 160 cm³/mol. The summed E-state index contributed by atoms with van der Waals surface area (Å²) in [6, 6.07) is 0. The molecule has 1 saturated heterocycles. The number of aliphatic hydroxyl groups is 4. The quantitative estimate of drug-likeness (QED) is 0.0668. The van der Waals surface area contributed by atoms with Crippen molar-refractivity contribution in [2.75, 3.05) is 19.8 Å². The van der Waals surface area contributed by atoms with Crippen LogP contribution in [0.5, 0.6) is 0 Å². The minimum atomic E-state index is -1.59. The number of carbonyl (C=O) groups excluding carboxylic acids is 2. The number of unbranched alkanes of at least 4 members (excludes halogenated alkanes) is 12. The van der Waals surface area contributed by atoms with Crippen molar-refractivity contribution < 1.29 is 49.0 Å². The highest BCUT2D eigenvalue weighted by Crippen LogP contribution is 2.22. The average Bonchev–Trinajstić information content (AvgIpc) is 2.98. The minimum Gasteiger partial charge on any atom is -0.462 e. The molecule has 10 nitrogen and oxygen atoms in total. The van der Waals surface area contributed by atoms with Crippen LogP contribution in [-0.4, -0.2) is 89.0 Å². The molecule has 0 saturated carbocycles. The molecule has 0 aliphatic carbocycles. The Hall–Kier alpha value is -1.56. The Morgan fingerprint density at radius 2 is 1.26 bits per heavy atom. The summed E-state index contributed by atoms with van der Waals surface area (Å²) < 4.78 is 21.8. The standard InChI is InChI=1S/C32H58O10/c1-3-5-7-9-10-11-12-13-14-15-17-19-21-28(35)41-25(23-39-27(34)20-18-16-8-6-4-2)24-40-32-31(38)30(37)29(36)26(22-33)42-32/h10-11,25-26,29-33,36-38H,3-9,12-24H2,1-2H3/b11-10-. The fourth-order valence-electron chi connectivity index (χ4n) is 4.71. The van der Waals surface area contributed by atoms with Crippen LogP contribution >= 0.6 is 0 Å². The first-order valence-corrected chi connectivity index (χ1v) is 16.3. The first-order chi connectivity index (χ1) is 20.3. The molecule has 1 fully saturated rings. The van der Waals surface area contributed by atoms with E-state index in [2.05, 4.69) is 26.0 Å². The Labute approximate surface area is 252 Å². The molecule has 0 bridgehead atoms. The Morgan fingerprint density at radius 1 is 0.714 bits per heavy atom. The maximum atomic E-state index is 12.5. The lowest BCUT2D eigenvalue weighted by Gasteiger charge is -2.39. The molecule has 0 amide bonds. The summed E-state index contributed by atoms with van der Waals surface area (Å²) in [5, 5.41) is 39.6. The summed E-state index contributed by atoms with van der Waals surface area (Å²) in [4.78, 5) is 24.8. The van der Waals surface area contributed by atoms with Crippen LogP contribution in [0.4, 0.5) is 0 Å². The zero-order chi connectivity index (χ0) is 31.0. The van der Waals surface area contributed by atoms with E-state index in [0.717, 1.165) is 70.6 Å². The van der Waals surface area contributed by atoms with Crippen LogP contribution in [-0.2, 0) is 28.5 Å². The van der Waals surface area contributed by atoms with Gasteiger partial charge in [0.05, 0.1) is 13.2 Å². The molecule has 0 aromatic carbocycles. The van der Waals surface area contributed by atoms with Gasteiger partial charge in [0.15, 0.2) is 12.4 Å². The van der Waals surface area contributed by atoms with E-state index in [9.17, 15) is 30.0 Å². The van der Waals surface area contributed by atoms with Crippen LogP contribution < -0.4 is 0 Å². The van der Waals surface area contributed by atoms with Gasteiger partial charge in [-0.05, 0) is 38.5 Å². The second-order valence-corrected chi connectivity index (χ2v) is 11.3. The highest BCUT2D eigenvalue weighted by molar-refractivity contribution is 5.70. The lowest BCUT2D eigenvalue weighted by molar-refractivity contribution is -0.305. The molecule has 1 heterocycles. The number of esters is 2. The molecule has 4 N–H and O–H groups in total. The Bertz CT molecular complexity index is 713. The molecule has 1 aliphatic heterocycles. The van der Waals surface area contributed by atoms with Gasteiger partial charge in [0.2, 0.25) is 0 Å². The van der Waals surface area contributed by atoms with Gasteiger partial charge in [-0.15, -0.1) is 0 Å². The molecule has 0 aromatic rings. The van der Waals surface area contributed by atoms with E-state index < -0.39 is 55.4 Å². The van der Waals surface area contributed by atoms with Gasteiger partial charge in [0, 0.05) is 12.8 Å². The van der Waals surface area contributed by atoms with Crippen LogP contribution in [0.2, 0.25) is 0 Å². The second-order valence-electron chi connectivity index (χ2n) is 11.3. The van der Waals surface area contributed by atoms with E-state index in [-0.39, 0.29) is 26.1 Å². The second kappa shape index (κ2) is 24.8. The van der Waals surface area contributed by atoms with Crippen molar-refractivity contribution in [3.63, 3.8) is 0 Å². The average molecular weight is 603 g/mol. The molecule has 6 unspecified atom stereocenters. The summed E-state index contributed by atoms with van der Waals surface area (Å²) in [6.07, 6.45) is 12.8. The van der Waals surface area contributed by atoms with E-state index in [4.69, 9.17) is 18.9 Å². The fourth-order valence-corrected chi connectivity index (χ4v) is 4.71. The third-order valence-electron chi connectivity index (χ3n) is 7.40. The summed E-state index contributed by atoms with van der Waals surface area (Å²) in [6.45, 7) is 3.25. The van der Waals surface area contributed by atoms with Gasteiger partial charge in [-0.1, -0.05) is 83.8 Å². The van der Waals surface area contributed by atoms with Crippen molar-refractivity contribution in [3.8, 4) is 0 Å². The van der Waals surface area contributed by atoms with E-state index in [1.807, 2.05) is 0 Å². The van der Waals surface area contributed by atoms with Crippen molar-refractivity contribution in [1.82, 2.24) is 0 Å². The topological polar surface area (TPSA) is 152 Å². The van der Waals surface area contributed by atoms with Crippen LogP contribution in [0.1, 0.15) is 123 Å². The fraction of sp³-hybridized carbons (Fsp3) is 0.875. The van der Waals surface area contributed by atoms with Gasteiger partial charge in [-0.25, -0.2) is 0 Å². The predicted octanol–water partition coefficient (Wildman–Crippen LogP) is 4.49. The third-order valence-corrected chi connectivity index (χ3v) is 7.40. The zero-order valence-electron chi connectivity index (χ0n) is 26.0. The molecule has 0 spiro atoms. The van der Waals surface area contributed by atoms with Gasteiger partial charge >= 0.3 is 11.9 Å². The number of aliphatic hydroxyl groups excluding tert-OH is 4. The maximum Gasteiger partial charge on any atom is 0.306 e. The molecule has 10 heteroatoms. The molecule has 246 valence electrons. The van der Waals surface area contributed by atoms with Crippen LogP contribution in [0.25, 0.3) is 0 Å². The third kappa shape index (κ3) is 17.5. The zero-order valence-corrected chi connectivity index (χ0v) is 26.0. The van der Waals surface area contributed by atoms with Crippen molar-refractivity contribution in [2.24, 2.45) is 0 Å². The number of rotatable bonds is 25. The van der Waals surface area contributed by atoms with E-state index in [1.54, 1.807) is 0 Å². The normalized spacial score (nSPS) is 23.2. The number of ether oxygens (including phenoxy) is 4. The number of hydrogen-bond acceptors (Lipinski definition) is 10. The molecular formula is C32H58O10. The minimum absolute atomic E-state index is 0.219. The van der Waals surface area contributed by atoms with Crippen LogP contribution in [0, 0.1) is 0 Å². The number of hydrogen-bond donors (Lipinski definition) is 4. The maximum absolute atomic E-state index is 12.5. The molecule has 42 heavy (non-hydrogen) atoms. The lowest BCUT2D eigenvalue weighted by Crippen LogP contribution is -2.59. The summed E-state index contributed by atoms with van der Waals surface area (Å²) in [5.41, 5.74) is 0. The van der Waals surface area contributed by atoms with Crippen molar-refractivity contribution in [3.05, 3.63) is 12.2 Å². The van der Waals surface area contributed by atoms with E-state index in [0.29, 0.717) is 6.42 Å². The monoisotopic (exact) mass is 602 g/mol. The van der Waals surface area contributed by atoms with Gasteiger partial charge in [-0.2, -0.15) is 0 Å². The Morgan fingerprint density at radius 3 is 1.90 bits per heavy atom. The van der Waals surface area contributed by atoms with Crippen molar-refractivity contribution in [1.29, 1.82) is 0 Å². The molecular weight excluding hydrogens is 544 g/mol. The Balaban J connectivity index is 2.46. The van der Waals surface area contributed by atoms with Gasteiger partial charge < -0.3 is 39.4 Å². The van der Waals surface area contributed by atoms with Crippen LogP contribution in [0.15, 0.2) is 12.2 Å². The van der Waals surface area contributed by atoms with E-state index >= 15 is 0 Å². The summed E-state index contributed by atoms with van der Waals surface area (Å²) >= 11 is 0. The van der Waals surface area contributed by atoms with Gasteiger partial charge in [-0.3, -0.25) is 9.59 Å². The SMILES string of the molecule is CCCCC/C=C\CCCCCCCC(=O)OC(COC(=O)CCCCCCC)COC1OC(CO)C(O)C(O)C1O. The lowest BCUT2D eigenvalue weighted by atomic mass is 9.99. The highest BCUT2D eigenvalue weighted by Gasteiger charge is 2.44. The molecule has 0 aromatic heterocycles. The smallest absolute Gasteiger partial charge is 0.306 e. The summed E-state index contributed by atoms with van der Waals surface area (Å²) in [7, 11) is 0. The largest absolute Gasteiger partial charge is 0.462 e.